The smallest absolute Gasteiger partial charge is 0.426 e. The van der Waals surface area contributed by atoms with E-state index in [0.29, 0.717) is 13.0 Å². The molecule has 0 spiro atoms. The monoisotopic (exact) mass is 455 g/mol. The molecule has 0 aliphatic rings. The summed E-state index contributed by atoms with van der Waals surface area (Å²) in [4.78, 5) is 48.1. The molecular formula is C17H30BN7O7. The van der Waals surface area contributed by atoms with E-state index in [9.17, 15) is 24.4 Å². The second-order valence-electron chi connectivity index (χ2n) is 6.76. The molecule has 32 heavy (non-hydrogen) atoms. The second kappa shape index (κ2) is 16.4. The van der Waals surface area contributed by atoms with Gasteiger partial charge >= 0.3 is 13.2 Å². The Morgan fingerprint density at radius 1 is 1.28 bits per heavy atom. The van der Waals surface area contributed by atoms with E-state index >= 15 is 0 Å². The number of nitrogens with two attached hydrogens (primary N) is 1. The molecule has 15 heteroatoms. The molecular weight excluding hydrogens is 425 g/mol. The van der Waals surface area contributed by atoms with Gasteiger partial charge in [-0.3, -0.25) is 29.8 Å². The van der Waals surface area contributed by atoms with Crippen LogP contribution in [0.2, 0.25) is 0 Å². The van der Waals surface area contributed by atoms with Crippen molar-refractivity contribution < 1.29 is 34.6 Å². The Kier molecular flexibility index (Phi) is 14.7. The molecule has 0 aromatic carbocycles. The first-order valence-corrected chi connectivity index (χ1v) is 9.72. The Balaban J connectivity index is 0.000000739. The number of carbonyl (C=O) groups excluding carboxylic acids is 3. The summed E-state index contributed by atoms with van der Waals surface area (Å²) in [7, 11) is -1.65. The van der Waals surface area contributed by atoms with Crippen LogP contribution in [-0.2, 0) is 9.68 Å². The Labute approximate surface area is 185 Å². The lowest BCUT2D eigenvalue weighted by atomic mass is 9.75. The molecule has 0 bridgehead atoms. The highest BCUT2D eigenvalue weighted by Crippen LogP contribution is 2.05. The Hall–Kier alpha value is -3.30. The van der Waals surface area contributed by atoms with Crippen molar-refractivity contribution in [3.8, 4) is 0 Å². The fraction of sp³-hybridized carbons (Fsp3) is 0.529. The number of carbonyl (C=O) groups is 3. The van der Waals surface area contributed by atoms with E-state index in [-0.39, 0.29) is 24.1 Å². The standard InChI is InChI=1S/C12H19BN4O4.C5H11N3O3/c1-8(2)5-10(13(20)21)17-11(18)7-16-12(19)9-6-14-3-4-15-9;1-2-3-7-4(6)8-5(9)11-10/h3-4,6,8,10,20-21H,5,7H2,1-2H3,(H,16,19)(H,17,18);10H,2-3H2,1H3,(H3,6,7,8,9). The number of aromatic nitrogens is 2. The zero-order valence-corrected chi connectivity index (χ0v) is 18.2. The van der Waals surface area contributed by atoms with Gasteiger partial charge in [0.2, 0.25) is 5.91 Å². The van der Waals surface area contributed by atoms with Crippen LogP contribution in [0.4, 0.5) is 4.79 Å². The van der Waals surface area contributed by atoms with Gasteiger partial charge in [0.15, 0.2) is 5.96 Å². The molecule has 0 saturated carbocycles. The van der Waals surface area contributed by atoms with Crippen LogP contribution in [0.5, 0.6) is 0 Å². The van der Waals surface area contributed by atoms with Crippen LogP contribution in [0, 0.1) is 5.92 Å². The third-order valence-electron chi connectivity index (χ3n) is 3.46. The van der Waals surface area contributed by atoms with Crippen molar-refractivity contribution in [3.05, 3.63) is 24.3 Å². The normalized spacial score (nSPS) is 11.5. The van der Waals surface area contributed by atoms with Gasteiger partial charge in [0.25, 0.3) is 5.91 Å². The molecule has 3 amide bonds. The molecule has 0 radical (unpaired) electrons. The predicted octanol–water partition coefficient (Wildman–Crippen LogP) is -1.34. The van der Waals surface area contributed by atoms with E-state index in [4.69, 9.17) is 11.0 Å². The van der Waals surface area contributed by atoms with Crippen LogP contribution >= 0.6 is 0 Å². The minimum atomic E-state index is -1.65. The van der Waals surface area contributed by atoms with Gasteiger partial charge in [0, 0.05) is 18.9 Å². The number of amides is 3. The molecule has 0 aliphatic heterocycles. The van der Waals surface area contributed by atoms with E-state index in [2.05, 4.69) is 30.5 Å². The fourth-order valence-electron chi connectivity index (χ4n) is 2.09. The molecule has 1 aromatic rings. The van der Waals surface area contributed by atoms with Crippen LogP contribution in [0.3, 0.4) is 0 Å². The number of hydrogen-bond acceptors (Lipinski definition) is 10. The zero-order chi connectivity index (χ0) is 24.5. The number of guanidine groups is 1. The topological polar surface area (TPSA) is 221 Å². The number of rotatable bonds is 9. The average Bonchev–Trinajstić information content (AvgIpc) is 2.76. The third-order valence-corrected chi connectivity index (χ3v) is 3.46. The highest BCUT2D eigenvalue weighted by atomic mass is 17.1. The number of hydrogen-bond donors (Lipinski definition) is 7. The summed E-state index contributed by atoms with van der Waals surface area (Å²) in [6.07, 6.45) is 4.30. The maximum absolute atomic E-state index is 11.7. The summed E-state index contributed by atoms with van der Waals surface area (Å²) >= 11 is 0. The minimum absolute atomic E-state index is 0.0640. The van der Waals surface area contributed by atoms with E-state index in [1.165, 1.54) is 18.6 Å². The van der Waals surface area contributed by atoms with E-state index in [1.807, 2.05) is 26.1 Å². The summed E-state index contributed by atoms with van der Waals surface area (Å²) in [5, 5.41) is 33.0. The van der Waals surface area contributed by atoms with Crippen molar-refractivity contribution in [1.29, 1.82) is 0 Å². The maximum Gasteiger partial charge on any atom is 0.475 e. The van der Waals surface area contributed by atoms with Gasteiger partial charge < -0.3 is 26.4 Å². The lowest BCUT2D eigenvalue weighted by Gasteiger charge is -2.19. The lowest BCUT2D eigenvalue weighted by molar-refractivity contribution is -0.176. The van der Waals surface area contributed by atoms with Crippen LogP contribution < -0.4 is 21.7 Å². The zero-order valence-electron chi connectivity index (χ0n) is 18.2. The largest absolute Gasteiger partial charge is 0.475 e. The van der Waals surface area contributed by atoms with Crippen LogP contribution in [0.15, 0.2) is 23.6 Å². The van der Waals surface area contributed by atoms with Crippen molar-refractivity contribution in [2.45, 2.75) is 39.6 Å². The predicted molar refractivity (Wildman–Crippen MR) is 115 cm³/mol. The molecule has 1 aromatic heterocycles. The van der Waals surface area contributed by atoms with Crippen LogP contribution in [-0.4, -0.2) is 75.3 Å². The van der Waals surface area contributed by atoms with Crippen LogP contribution in [0.25, 0.3) is 0 Å². The van der Waals surface area contributed by atoms with E-state index in [1.54, 1.807) is 0 Å². The Bertz CT molecular complexity index is 735. The molecule has 8 N–H and O–H groups in total. The quantitative estimate of drug-likeness (QED) is 0.0763. The minimum Gasteiger partial charge on any atom is -0.426 e. The molecule has 1 heterocycles. The van der Waals surface area contributed by atoms with Gasteiger partial charge in [-0.2, -0.15) is 5.26 Å². The van der Waals surface area contributed by atoms with Crippen LogP contribution in [0.1, 0.15) is 44.1 Å². The van der Waals surface area contributed by atoms with Crippen molar-refractivity contribution in [2.24, 2.45) is 16.6 Å². The van der Waals surface area contributed by atoms with Crippen molar-refractivity contribution >= 4 is 31.0 Å². The van der Waals surface area contributed by atoms with Gasteiger partial charge in [-0.1, -0.05) is 20.8 Å². The van der Waals surface area contributed by atoms with Crippen molar-refractivity contribution in [2.75, 3.05) is 13.1 Å². The number of aliphatic imine (C=N–C) groups is 1. The molecule has 0 saturated heterocycles. The first-order chi connectivity index (χ1) is 15.1. The molecule has 0 fully saturated rings. The highest BCUT2D eigenvalue weighted by Gasteiger charge is 2.26. The Morgan fingerprint density at radius 3 is 2.47 bits per heavy atom. The van der Waals surface area contributed by atoms with Gasteiger partial charge in [-0.15, -0.1) is 0 Å². The van der Waals surface area contributed by atoms with Gasteiger partial charge in [0.1, 0.15) is 5.69 Å². The molecule has 178 valence electrons. The summed E-state index contributed by atoms with van der Waals surface area (Å²) in [5.41, 5.74) is 5.27. The molecule has 1 atom stereocenters. The average molecular weight is 455 g/mol. The summed E-state index contributed by atoms with van der Waals surface area (Å²) in [6, 6.07) is 0. The van der Waals surface area contributed by atoms with Crippen molar-refractivity contribution in [1.82, 2.24) is 25.9 Å². The van der Waals surface area contributed by atoms with Gasteiger partial charge in [-0.25, -0.2) is 9.78 Å². The van der Waals surface area contributed by atoms with Crippen molar-refractivity contribution in [3.63, 3.8) is 0 Å². The molecule has 1 unspecified atom stereocenters. The molecule has 0 aliphatic carbocycles. The lowest BCUT2D eigenvalue weighted by Crippen LogP contribution is -2.50. The first-order valence-electron chi connectivity index (χ1n) is 9.72. The fourth-order valence-corrected chi connectivity index (χ4v) is 2.09. The maximum atomic E-state index is 11.7. The summed E-state index contributed by atoms with van der Waals surface area (Å²) in [5.74, 6) is -1.68. The Morgan fingerprint density at radius 2 is 1.97 bits per heavy atom. The first kappa shape index (κ1) is 28.7. The summed E-state index contributed by atoms with van der Waals surface area (Å²) in [6.45, 7) is 5.96. The number of nitrogens with one attached hydrogen (secondary N) is 3. The SMILES string of the molecule is CC(C)CC(NC(=O)CNC(=O)c1cnccn1)B(O)O.CCCN=C(N)NC(=O)OO. The van der Waals surface area contributed by atoms with Gasteiger partial charge in [-0.05, 0) is 18.8 Å². The molecule has 14 nitrogen and oxygen atoms in total. The summed E-state index contributed by atoms with van der Waals surface area (Å²) < 4.78 is 0. The van der Waals surface area contributed by atoms with E-state index < -0.39 is 31.0 Å². The van der Waals surface area contributed by atoms with E-state index in [0.717, 1.165) is 6.42 Å². The highest BCUT2D eigenvalue weighted by molar-refractivity contribution is 6.43. The third kappa shape index (κ3) is 13.8. The second-order valence-corrected chi connectivity index (χ2v) is 6.76. The molecule has 1 rings (SSSR count). The number of nitrogens with zero attached hydrogens (tertiary/aromatic N) is 3. The van der Waals surface area contributed by atoms with Gasteiger partial charge in [0.05, 0.1) is 18.7 Å².